The molecule has 0 spiro atoms. The van der Waals surface area contributed by atoms with Gasteiger partial charge in [-0.3, -0.25) is 10.1 Å². The molecule has 0 heterocycles. The van der Waals surface area contributed by atoms with Gasteiger partial charge in [0.15, 0.2) is 0 Å². The molecule has 21 heavy (non-hydrogen) atoms. The van der Waals surface area contributed by atoms with Gasteiger partial charge in [0.2, 0.25) is 0 Å². The number of nitro groups is 1. The zero-order valence-electron chi connectivity index (χ0n) is 11.4. The molecular weight excluding hydrogens is 288 g/mol. The fourth-order valence-corrected chi connectivity index (χ4v) is 3.06. The highest BCUT2D eigenvalue weighted by molar-refractivity contribution is 6.33. The average Bonchev–Trinajstić information content (AvgIpc) is 2.49. The quantitative estimate of drug-likeness (QED) is 0.658. The molecule has 0 bridgehead atoms. The summed E-state index contributed by atoms with van der Waals surface area (Å²) in [4.78, 5) is 10.3. The lowest BCUT2D eigenvalue weighted by atomic mass is 9.87. The summed E-state index contributed by atoms with van der Waals surface area (Å²) in [5, 5.41) is 14.5. The molecule has 1 aliphatic carbocycles. The maximum atomic E-state index is 10.7. The van der Waals surface area contributed by atoms with Crippen molar-refractivity contribution in [2.24, 2.45) is 0 Å². The summed E-state index contributed by atoms with van der Waals surface area (Å²) in [6.45, 7) is 0. The van der Waals surface area contributed by atoms with E-state index >= 15 is 0 Å². The van der Waals surface area contributed by atoms with Gasteiger partial charge < -0.3 is 5.32 Å². The maximum absolute atomic E-state index is 10.7. The summed E-state index contributed by atoms with van der Waals surface area (Å²) < 4.78 is 0. The van der Waals surface area contributed by atoms with E-state index in [9.17, 15) is 10.1 Å². The van der Waals surface area contributed by atoms with Gasteiger partial charge in [0.05, 0.1) is 21.7 Å². The molecule has 3 rings (SSSR count). The van der Waals surface area contributed by atoms with Crippen molar-refractivity contribution < 1.29 is 4.92 Å². The van der Waals surface area contributed by atoms with Crippen LogP contribution in [0.25, 0.3) is 0 Å². The zero-order chi connectivity index (χ0) is 14.8. The number of nitrogens with zero attached hydrogens (tertiary/aromatic N) is 1. The third-order valence-electron chi connectivity index (χ3n) is 3.86. The van der Waals surface area contributed by atoms with Crippen LogP contribution in [0.3, 0.4) is 0 Å². The van der Waals surface area contributed by atoms with Gasteiger partial charge in [0, 0.05) is 12.1 Å². The Bertz CT molecular complexity index is 688. The summed E-state index contributed by atoms with van der Waals surface area (Å²) in [5.41, 5.74) is 3.40. The van der Waals surface area contributed by atoms with Gasteiger partial charge in [0.1, 0.15) is 0 Å². The van der Waals surface area contributed by atoms with Crippen molar-refractivity contribution in [1.82, 2.24) is 0 Å². The summed E-state index contributed by atoms with van der Waals surface area (Å²) >= 11 is 6.15. The highest BCUT2D eigenvalue weighted by atomic mass is 35.5. The summed E-state index contributed by atoms with van der Waals surface area (Å²) in [7, 11) is 0. The van der Waals surface area contributed by atoms with Gasteiger partial charge in [0.25, 0.3) is 5.69 Å². The van der Waals surface area contributed by atoms with Crippen molar-refractivity contribution >= 4 is 23.0 Å². The molecule has 0 aromatic heterocycles. The van der Waals surface area contributed by atoms with E-state index < -0.39 is 4.92 Å². The molecule has 5 heteroatoms. The molecule has 2 aromatic rings. The molecular formula is C16H15ClN2O2. The number of rotatable bonds is 3. The number of nitrogens with one attached hydrogen (secondary N) is 1. The third-order valence-corrected chi connectivity index (χ3v) is 4.18. The second-order valence-corrected chi connectivity index (χ2v) is 5.62. The molecule has 0 aliphatic heterocycles. The Balaban J connectivity index is 1.86. The van der Waals surface area contributed by atoms with Crippen LogP contribution < -0.4 is 5.32 Å². The van der Waals surface area contributed by atoms with E-state index in [1.165, 1.54) is 23.3 Å². The van der Waals surface area contributed by atoms with Gasteiger partial charge in [-0.15, -0.1) is 0 Å². The summed E-state index contributed by atoms with van der Waals surface area (Å²) in [5.74, 6) is 0. The van der Waals surface area contributed by atoms with E-state index in [0.29, 0.717) is 5.02 Å². The van der Waals surface area contributed by atoms with Crippen molar-refractivity contribution in [2.45, 2.75) is 25.3 Å². The number of halogens is 1. The Kier molecular flexibility index (Phi) is 3.80. The Morgan fingerprint density at radius 3 is 2.81 bits per heavy atom. The average molecular weight is 303 g/mol. The smallest absolute Gasteiger partial charge is 0.271 e. The number of anilines is 1. The molecule has 0 amide bonds. The van der Waals surface area contributed by atoms with Crippen molar-refractivity contribution in [1.29, 1.82) is 0 Å². The molecule has 4 nitrogen and oxygen atoms in total. The van der Waals surface area contributed by atoms with Crippen LogP contribution in [-0.2, 0) is 6.42 Å². The summed E-state index contributed by atoms with van der Waals surface area (Å²) in [6, 6.07) is 13.1. The molecule has 0 radical (unpaired) electrons. The number of nitro benzene ring substituents is 1. The number of benzene rings is 2. The van der Waals surface area contributed by atoms with E-state index in [2.05, 4.69) is 23.5 Å². The minimum Gasteiger partial charge on any atom is -0.377 e. The second-order valence-electron chi connectivity index (χ2n) is 5.21. The Morgan fingerprint density at radius 1 is 1.24 bits per heavy atom. The van der Waals surface area contributed by atoms with Crippen molar-refractivity contribution in [2.75, 3.05) is 5.32 Å². The molecule has 1 unspecified atom stereocenters. The van der Waals surface area contributed by atoms with E-state index in [-0.39, 0.29) is 11.7 Å². The Labute approximate surface area is 127 Å². The number of fused-ring (bicyclic) bond motifs is 1. The highest BCUT2D eigenvalue weighted by Crippen LogP contribution is 2.35. The number of non-ortho nitro benzene ring substituents is 1. The predicted molar refractivity (Wildman–Crippen MR) is 83.9 cm³/mol. The first kappa shape index (κ1) is 13.9. The first-order valence-electron chi connectivity index (χ1n) is 6.93. The van der Waals surface area contributed by atoms with Crippen molar-refractivity contribution in [3.05, 3.63) is 68.7 Å². The third kappa shape index (κ3) is 2.85. The SMILES string of the molecule is O=[N+]([O-])c1ccc(NC2CCCc3ccccc32)c(Cl)c1. The van der Waals surface area contributed by atoms with Crippen LogP contribution in [0.15, 0.2) is 42.5 Å². The van der Waals surface area contributed by atoms with Gasteiger partial charge in [-0.1, -0.05) is 35.9 Å². The standard InChI is InChI=1S/C16H15ClN2O2/c17-14-10-12(19(20)21)8-9-16(14)18-15-7-3-5-11-4-1-2-6-13(11)15/h1-2,4,6,8-10,15,18H,3,5,7H2. The first-order chi connectivity index (χ1) is 10.1. The van der Waals surface area contributed by atoms with Gasteiger partial charge in [-0.25, -0.2) is 0 Å². The van der Waals surface area contributed by atoms with E-state index in [1.807, 2.05) is 6.07 Å². The number of aryl methyl sites for hydroxylation is 1. The topological polar surface area (TPSA) is 55.2 Å². The Morgan fingerprint density at radius 2 is 2.05 bits per heavy atom. The van der Waals surface area contributed by atoms with Crippen LogP contribution in [-0.4, -0.2) is 4.92 Å². The number of hydrogen-bond acceptors (Lipinski definition) is 3. The fraction of sp³-hybridized carbons (Fsp3) is 0.250. The van der Waals surface area contributed by atoms with Crippen LogP contribution in [0.1, 0.15) is 30.0 Å². The molecule has 108 valence electrons. The van der Waals surface area contributed by atoms with Crippen LogP contribution in [0, 0.1) is 10.1 Å². The van der Waals surface area contributed by atoms with E-state index in [0.717, 1.165) is 24.9 Å². The Hall–Kier alpha value is -2.07. The van der Waals surface area contributed by atoms with Gasteiger partial charge in [-0.2, -0.15) is 0 Å². The normalized spacial score (nSPS) is 17.1. The van der Waals surface area contributed by atoms with E-state index in [4.69, 9.17) is 11.6 Å². The van der Waals surface area contributed by atoms with Crippen LogP contribution >= 0.6 is 11.6 Å². The number of hydrogen-bond donors (Lipinski definition) is 1. The molecule has 2 aromatic carbocycles. The largest absolute Gasteiger partial charge is 0.377 e. The summed E-state index contributed by atoms with van der Waals surface area (Å²) in [6.07, 6.45) is 3.26. The minimum absolute atomic E-state index is 0.00888. The monoisotopic (exact) mass is 302 g/mol. The van der Waals surface area contributed by atoms with E-state index in [1.54, 1.807) is 6.07 Å². The molecule has 0 fully saturated rings. The highest BCUT2D eigenvalue weighted by Gasteiger charge is 2.20. The lowest BCUT2D eigenvalue weighted by molar-refractivity contribution is -0.384. The van der Waals surface area contributed by atoms with Crippen LogP contribution in [0.5, 0.6) is 0 Å². The van der Waals surface area contributed by atoms with Crippen molar-refractivity contribution in [3.63, 3.8) is 0 Å². The molecule has 1 aliphatic rings. The maximum Gasteiger partial charge on any atom is 0.271 e. The van der Waals surface area contributed by atoms with Gasteiger partial charge >= 0.3 is 0 Å². The molecule has 1 N–H and O–H groups in total. The lowest BCUT2D eigenvalue weighted by Gasteiger charge is -2.27. The molecule has 0 saturated carbocycles. The first-order valence-corrected chi connectivity index (χ1v) is 7.31. The second kappa shape index (κ2) is 5.74. The van der Waals surface area contributed by atoms with Crippen LogP contribution in [0.4, 0.5) is 11.4 Å². The minimum atomic E-state index is -0.439. The van der Waals surface area contributed by atoms with Crippen molar-refractivity contribution in [3.8, 4) is 0 Å². The van der Waals surface area contributed by atoms with Crippen LogP contribution in [0.2, 0.25) is 5.02 Å². The molecule has 0 saturated heterocycles. The zero-order valence-corrected chi connectivity index (χ0v) is 12.1. The predicted octanol–water partition coefficient (Wildman–Crippen LogP) is 4.74. The fourth-order valence-electron chi connectivity index (χ4n) is 2.83. The lowest BCUT2D eigenvalue weighted by Crippen LogP contribution is -2.17. The van der Waals surface area contributed by atoms with Gasteiger partial charge in [-0.05, 0) is 36.5 Å². The molecule has 1 atom stereocenters.